The first-order valence-electron chi connectivity index (χ1n) is 4.37. The second-order valence-corrected chi connectivity index (χ2v) is 5.20. The molecule has 1 aromatic rings. The van der Waals surface area contributed by atoms with Crippen LogP contribution in [0.3, 0.4) is 0 Å². The summed E-state index contributed by atoms with van der Waals surface area (Å²) in [6.45, 7) is 5.90. The molecule has 0 radical (unpaired) electrons. The van der Waals surface area contributed by atoms with Crippen LogP contribution in [-0.2, 0) is 15.3 Å². The van der Waals surface area contributed by atoms with Crippen LogP contribution in [0.1, 0.15) is 20.8 Å². The van der Waals surface area contributed by atoms with E-state index in [1.165, 1.54) is 0 Å². The lowest BCUT2D eigenvalue weighted by atomic mass is 10.1. The van der Waals surface area contributed by atoms with E-state index >= 15 is 0 Å². The van der Waals surface area contributed by atoms with E-state index in [2.05, 4.69) is 8.70 Å². The van der Waals surface area contributed by atoms with Crippen LogP contribution in [0.2, 0.25) is 0 Å². The van der Waals surface area contributed by atoms with Crippen molar-refractivity contribution < 1.29 is 9.59 Å². The molecule has 0 heterocycles. The Kier molecular flexibility index (Phi) is 3.80. The molecule has 0 fully saturated rings. The van der Waals surface area contributed by atoms with Crippen molar-refractivity contribution in [3.05, 3.63) is 30.3 Å². The molecule has 1 atom stereocenters. The molecule has 4 heteroatoms. The van der Waals surface area contributed by atoms with Gasteiger partial charge in [-0.15, -0.1) is 0 Å². The fraction of sp³-hybridized carbons (Fsp3) is 0.400. The highest BCUT2D eigenvalue weighted by atomic mass is 32.2. The average molecular weight is 213 g/mol. The third kappa shape index (κ3) is 3.57. The molecule has 3 nitrogen and oxygen atoms in total. The predicted molar refractivity (Wildman–Crippen MR) is 58.0 cm³/mol. The van der Waals surface area contributed by atoms with Crippen molar-refractivity contribution in [2.45, 2.75) is 31.2 Å². The minimum atomic E-state index is -0.884. The van der Waals surface area contributed by atoms with Crippen molar-refractivity contribution in [2.75, 3.05) is 0 Å². The molecule has 0 aliphatic carbocycles. The molecule has 1 unspecified atom stereocenters. The summed E-state index contributed by atoms with van der Waals surface area (Å²) in [6.07, 6.45) is 0. The van der Waals surface area contributed by atoms with Crippen LogP contribution in [0, 0.1) is 0 Å². The number of nitrogens with zero attached hydrogens (tertiary/aromatic N) is 1. The summed E-state index contributed by atoms with van der Waals surface area (Å²) in [4.78, 5) is 0.880. The van der Waals surface area contributed by atoms with Gasteiger partial charge >= 0.3 is 0 Å². The first kappa shape index (κ1) is 11.4. The van der Waals surface area contributed by atoms with E-state index in [-0.39, 0.29) is 5.54 Å². The number of hydrogen-bond donors (Lipinski definition) is 1. The standard InChI is InChI=1S/C10H15NO2S/c1-10(2,3)11-14(13-12)9-7-5-4-6-8-9/h4-8,12H,1-3H3. The summed E-state index contributed by atoms with van der Waals surface area (Å²) in [5.41, 5.74) is -0.221. The highest BCUT2D eigenvalue weighted by molar-refractivity contribution is 7.82. The molecule has 0 saturated heterocycles. The van der Waals surface area contributed by atoms with Gasteiger partial charge in [0, 0.05) is 4.90 Å². The Morgan fingerprint density at radius 1 is 1.21 bits per heavy atom. The zero-order chi connectivity index (χ0) is 10.6. The zero-order valence-corrected chi connectivity index (χ0v) is 9.41. The normalized spacial score (nSPS) is 14.3. The minimum Gasteiger partial charge on any atom is -0.238 e. The maximum absolute atomic E-state index is 8.76. The van der Waals surface area contributed by atoms with E-state index in [1.807, 2.05) is 51.1 Å². The van der Waals surface area contributed by atoms with E-state index in [0.29, 0.717) is 0 Å². The zero-order valence-electron chi connectivity index (χ0n) is 8.60. The van der Waals surface area contributed by atoms with Gasteiger partial charge in [-0.25, -0.2) is 9.62 Å². The molecular formula is C10H15NO2S. The van der Waals surface area contributed by atoms with Gasteiger partial charge in [-0.05, 0) is 32.9 Å². The Balaban J connectivity index is 3.00. The van der Waals surface area contributed by atoms with E-state index in [4.69, 9.17) is 5.26 Å². The summed E-state index contributed by atoms with van der Waals surface area (Å²) in [5, 5.41) is 8.76. The molecule has 1 aromatic carbocycles. The van der Waals surface area contributed by atoms with Gasteiger partial charge in [-0.2, -0.15) is 4.33 Å². The van der Waals surface area contributed by atoms with E-state index in [9.17, 15) is 0 Å². The van der Waals surface area contributed by atoms with E-state index < -0.39 is 11.0 Å². The van der Waals surface area contributed by atoms with Crippen molar-refractivity contribution in [2.24, 2.45) is 4.36 Å². The van der Waals surface area contributed by atoms with Gasteiger partial charge < -0.3 is 0 Å². The highest BCUT2D eigenvalue weighted by Crippen LogP contribution is 2.15. The Bertz CT molecular complexity index is 317. The van der Waals surface area contributed by atoms with Crippen LogP contribution >= 0.6 is 0 Å². The highest BCUT2D eigenvalue weighted by Gasteiger charge is 2.11. The largest absolute Gasteiger partial charge is 0.238 e. The van der Waals surface area contributed by atoms with Crippen LogP contribution in [-0.4, -0.2) is 10.8 Å². The minimum absolute atomic E-state index is 0.221. The molecule has 0 aliphatic heterocycles. The average Bonchev–Trinajstić information content (AvgIpc) is 2.14. The molecule has 0 saturated carbocycles. The molecular weight excluding hydrogens is 198 g/mol. The quantitative estimate of drug-likeness (QED) is 0.606. The molecule has 0 bridgehead atoms. The van der Waals surface area contributed by atoms with Crippen molar-refractivity contribution in [3.63, 3.8) is 0 Å². The van der Waals surface area contributed by atoms with Crippen LogP contribution in [0.5, 0.6) is 0 Å². The van der Waals surface area contributed by atoms with E-state index in [0.717, 1.165) is 4.90 Å². The van der Waals surface area contributed by atoms with Crippen molar-refractivity contribution in [1.82, 2.24) is 0 Å². The summed E-state index contributed by atoms with van der Waals surface area (Å²) < 4.78 is 8.73. The second kappa shape index (κ2) is 4.68. The second-order valence-electron chi connectivity index (χ2n) is 3.90. The van der Waals surface area contributed by atoms with E-state index in [1.54, 1.807) is 0 Å². The predicted octanol–water partition coefficient (Wildman–Crippen LogP) is 3.05. The summed E-state index contributed by atoms with van der Waals surface area (Å²) >= 11 is 0. The van der Waals surface area contributed by atoms with Gasteiger partial charge in [0.05, 0.1) is 16.5 Å². The Morgan fingerprint density at radius 2 is 1.79 bits per heavy atom. The SMILES string of the molecule is CC(C)(C)N=S(OO)c1ccccc1. The third-order valence-corrected chi connectivity index (χ3v) is 2.90. The van der Waals surface area contributed by atoms with Crippen molar-refractivity contribution >= 4 is 11.0 Å². The van der Waals surface area contributed by atoms with Gasteiger partial charge in [0.1, 0.15) is 0 Å². The molecule has 0 aromatic heterocycles. The topological polar surface area (TPSA) is 41.8 Å². The smallest absolute Gasteiger partial charge is 0.0991 e. The number of benzene rings is 1. The lowest BCUT2D eigenvalue weighted by molar-refractivity contribution is -0.120. The third-order valence-electron chi connectivity index (χ3n) is 1.37. The lowest BCUT2D eigenvalue weighted by Crippen LogP contribution is -2.12. The summed E-state index contributed by atoms with van der Waals surface area (Å²) in [6, 6.07) is 9.47. The van der Waals surface area contributed by atoms with Gasteiger partial charge in [-0.3, -0.25) is 0 Å². The molecule has 0 spiro atoms. The maximum atomic E-state index is 8.76. The molecule has 0 aliphatic rings. The monoisotopic (exact) mass is 213 g/mol. The lowest BCUT2D eigenvalue weighted by Gasteiger charge is -2.14. The van der Waals surface area contributed by atoms with Crippen molar-refractivity contribution in [1.29, 1.82) is 0 Å². The molecule has 0 amide bonds. The Hall–Kier alpha value is -0.710. The van der Waals surface area contributed by atoms with Crippen LogP contribution in [0.25, 0.3) is 0 Å². The van der Waals surface area contributed by atoms with Crippen LogP contribution < -0.4 is 0 Å². The maximum Gasteiger partial charge on any atom is 0.0991 e. The fourth-order valence-electron chi connectivity index (χ4n) is 0.898. The van der Waals surface area contributed by atoms with Gasteiger partial charge in [-0.1, -0.05) is 18.2 Å². The van der Waals surface area contributed by atoms with Gasteiger partial charge in [0.2, 0.25) is 0 Å². The Morgan fingerprint density at radius 3 is 2.21 bits per heavy atom. The van der Waals surface area contributed by atoms with Crippen LogP contribution in [0.15, 0.2) is 39.6 Å². The van der Waals surface area contributed by atoms with Crippen molar-refractivity contribution in [3.8, 4) is 0 Å². The molecule has 1 N–H and O–H groups in total. The Labute approximate surface area is 87.0 Å². The molecule has 1 rings (SSSR count). The van der Waals surface area contributed by atoms with Gasteiger partial charge in [0.25, 0.3) is 0 Å². The first-order valence-corrected chi connectivity index (χ1v) is 5.48. The molecule has 78 valence electrons. The van der Waals surface area contributed by atoms with Crippen LogP contribution in [0.4, 0.5) is 0 Å². The number of rotatable bonds is 2. The summed E-state index contributed by atoms with van der Waals surface area (Å²) in [5.74, 6) is 0. The number of hydrogen-bond acceptors (Lipinski definition) is 3. The molecule has 14 heavy (non-hydrogen) atoms. The first-order chi connectivity index (χ1) is 6.53. The fourth-order valence-corrected chi connectivity index (χ4v) is 2.01. The summed E-state index contributed by atoms with van der Waals surface area (Å²) in [7, 11) is -0.884. The van der Waals surface area contributed by atoms with Gasteiger partial charge in [0.15, 0.2) is 0 Å².